The van der Waals surface area contributed by atoms with E-state index in [1.54, 1.807) is 6.92 Å². The van der Waals surface area contributed by atoms with Gasteiger partial charge in [0, 0.05) is 21.2 Å². The minimum atomic E-state index is -0.0568. The van der Waals surface area contributed by atoms with Crippen molar-refractivity contribution in [3.05, 3.63) is 48.5 Å². The average Bonchev–Trinajstić information content (AvgIpc) is 2.65. The van der Waals surface area contributed by atoms with Crippen molar-refractivity contribution in [3.8, 4) is 0 Å². The normalized spacial score (nSPS) is 11.1. The fraction of sp³-hybridized carbons (Fsp3) is 0.133. The Hall–Kier alpha value is -1.67. The average molecular weight is 241 g/mol. The van der Waals surface area contributed by atoms with Gasteiger partial charge in [-0.3, -0.25) is 4.79 Å². The molecule has 3 aromatic rings. The highest BCUT2D eigenvalue weighted by Crippen LogP contribution is 2.42. The van der Waals surface area contributed by atoms with Crippen LogP contribution in [0, 0.1) is 0 Å². The van der Waals surface area contributed by atoms with E-state index in [0.29, 0.717) is 5.75 Å². The molecule has 0 fully saturated rings. The first-order valence-corrected chi connectivity index (χ1v) is 7.05. The SMILES string of the molecule is CC(=O)C[s+]1c2ccccc2c2ccccc21. The lowest BCUT2D eigenvalue weighted by Gasteiger charge is -1.88. The van der Waals surface area contributed by atoms with Crippen LogP contribution in [0.15, 0.2) is 48.5 Å². The molecule has 1 nitrogen and oxygen atoms in total. The van der Waals surface area contributed by atoms with Gasteiger partial charge in [-0.25, -0.2) is 0 Å². The van der Waals surface area contributed by atoms with Gasteiger partial charge in [-0.05, 0) is 31.2 Å². The van der Waals surface area contributed by atoms with Crippen molar-refractivity contribution in [2.45, 2.75) is 12.7 Å². The zero-order valence-electron chi connectivity index (χ0n) is 9.64. The van der Waals surface area contributed by atoms with Gasteiger partial charge in [0.15, 0.2) is 20.9 Å². The number of Topliss-reactive ketones (excluding diaryl/α,β-unsaturated/α-hetero) is 1. The van der Waals surface area contributed by atoms with Crippen LogP contribution >= 0.6 is 10.5 Å². The van der Waals surface area contributed by atoms with Crippen LogP contribution in [0.3, 0.4) is 0 Å². The maximum atomic E-state index is 11.4. The first-order chi connectivity index (χ1) is 8.27. The molecule has 0 unspecified atom stereocenters. The van der Waals surface area contributed by atoms with Gasteiger partial charge < -0.3 is 0 Å². The predicted octanol–water partition coefficient (Wildman–Crippen LogP) is 4.33. The third kappa shape index (κ3) is 1.65. The number of carbonyl (C=O) groups is 1. The molecule has 0 aliphatic heterocycles. The summed E-state index contributed by atoms with van der Waals surface area (Å²) in [5.74, 6) is 0.897. The molecule has 2 aromatic carbocycles. The summed E-state index contributed by atoms with van der Waals surface area (Å²) in [6, 6.07) is 16.9. The smallest absolute Gasteiger partial charge is 0.186 e. The predicted molar refractivity (Wildman–Crippen MR) is 74.6 cm³/mol. The van der Waals surface area contributed by atoms with E-state index in [1.807, 2.05) is 0 Å². The highest BCUT2D eigenvalue weighted by Gasteiger charge is 2.21. The Labute approximate surface area is 103 Å². The highest BCUT2D eigenvalue weighted by atomic mass is 32.2. The number of rotatable bonds is 2. The molecule has 3 rings (SSSR count). The van der Waals surface area contributed by atoms with E-state index in [4.69, 9.17) is 0 Å². The Morgan fingerprint density at radius 3 is 1.88 bits per heavy atom. The molecule has 0 radical (unpaired) electrons. The van der Waals surface area contributed by atoms with E-state index < -0.39 is 0 Å². The van der Waals surface area contributed by atoms with Crippen LogP contribution in [0.2, 0.25) is 0 Å². The zero-order valence-corrected chi connectivity index (χ0v) is 10.5. The molecule has 0 spiro atoms. The maximum Gasteiger partial charge on any atom is 0.186 e. The molecule has 2 heteroatoms. The van der Waals surface area contributed by atoms with Gasteiger partial charge in [0.2, 0.25) is 0 Å². The first kappa shape index (κ1) is 10.5. The minimum absolute atomic E-state index is 0.0568. The van der Waals surface area contributed by atoms with Crippen LogP contribution in [0.1, 0.15) is 6.92 Å². The summed E-state index contributed by atoms with van der Waals surface area (Å²) in [5.41, 5.74) is 0. The molecule has 1 aromatic heterocycles. The van der Waals surface area contributed by atoms with E-state index in [-0.39, 0.29) is 16.3 Å². The van der Waals surface area contributed by atoms with Crippen LogP contribution in [-0.2, 0) is 10.5 Å². The molecule has 0 atom stereocenters. The van der Waals surface area contributed by atoms with Crippen molar-refractivity contribution < 1.29 is 4.79 Å². The summed E-state index contributed by atoms with van der Waals surface area (Å²) in [6.07, 6.45) is 0. The molecule has 0 aliphatic carbocycles. The summed E-state index contributed by atoms with van der Waals surface area (Å²) in [7, 11) is -0.0568. The fourth-order valence-corrected chi connectivity index (χ4v) is 4.61. The van der Waals surface area contributed by atoms with Crippen LogP contribution in [0.5, 0.6) is 0 Å². The van der Waals surface area contributed by atoms with Crippen molar-refractivity contribution in [3.63, 3.8) is 0 Å². The van der Waals surface area contributed by atoms with Gasteiger partial charge in [-0.1, -0.05) is 24.3 Å². The number of ketones is 1. The molecule has 0 N–H and O–H groups in total. The van der Waals surface area contributed by atoms with Crippen molar-refractivity contribution in [1.82, 2.24) is 0 Å². The molecular formula is C15H13OS+. The molecule has 1 heterocycles. The van der Waals surface area contributed by atoms with Gasteiger partial charge in [0.1, 0.15) is 0 Å². The second-order valence-corrected chi connectivity index (χ2v) is 6.18. The van der Waals surface area contributed by atoms with Gasteiger partial charge >= 0.3 is 0 Å². The van der Waals surface area contributed by atoms with Crippen molar-refractivity contribution >= 4 is 36.4 Å². The fourth-order valence-electron chi connectivity index (χ4n) is 2.29. The number of benzene rings is 2. The monoisotopic (exact) mass is 241 g/mol. The molecule has 0 saturated heterocycles. The molecule has 0 aliphatic rings. The van der Waals surface area contributed by atoms with Gasteiger partial charge in [0.25, 0.3) is 0 Å². The lowest BCUT2D eigenvalue weighted by molar-refractivity contribution is -0.115. The van der Waals surface area contributed by atoms with Crippen LogP contribution in [0.25, 0.3) is 20.2 Å². The molecular weight excluding hydrogens is 228 g/mol. The van der Waals surface area contributed by atoms with Crippen LogP contribution < -0.4 is 0 Å². The second kappa shape index (κ2) is 3.97. The van der Waals surface area contributed by atoms with Crippen LogP contribution in [0.4, 0.5) is 0 Å². The van der Waals surface area contributed by atoms with Crippen LogP contribution in [-0.4, -0.2) is 5.78 Å². The summed E-state index contributed by atoms with van der Waals surface area (Å²) in [5, 5.41) is 2.60. The highest BCUT2D eigenvalue weighted by molar-refractivity contribution is 7.43. The number of hydrogen-bond donors (Lipinski definition) is 0. The Balaban J connectivity index is 2.45. The van der Waals surface area contributed by atoms with E-state index >= 15 is 0 Å². The van der Waals surface area contributed by atoms with Crippen molar-refractivity contribution in [1.29, 1.82) is 0 Å². The Morgan fingerprint density at radius 1 is 0.941 bits per heavy atom. The third-order valence-corrected chi connectivity index (χ3v) is 5.41. The first-order valence-electron chi connectivity index (χ1n) is 5.66. The molecule has 0 amide bonds. The van der Waals surface area contributed by atoms with E-state index in [9.17, 15) is 4.79 Å². The summed E-state index contributed by atoms with van der Waals surface area (Å²) in [4.78, 5) is 11.4. The number of carbonyl (C=O) groups excluding carboxylic acids is 1. The lowest BCUT2D eigenvalue weighted by atomic mass is 10.2. The number of fused-ring (bicyclic) bond motifs is 3. The van der Waals surface area contributed by atoms with E-state index in [2.05, 4.69) is 48.5 Å². The van der Waals surface area contributed by atoms with Gasteiger partial charge in [-0.2, -0.15) is 0 Å². The summed E-state index contributed by atoms with van der Waals surface area (Å²) >= 11 is 0. The quantitative estimate of drug-likeness (QED) is 0.610. The third-order valence-electron chi connectivity index (χ3n) is 2.94. The Bertz CT molecular complexity index is 656. The standard InChI is InChI=1S/C15H13OS/c1-11(16)10-17-14-8-4-2-6-12(14)13-7-3-5-9-15(13)17/h2-9H,10H2,1H3/q+1. The molecule has 84 valence electrons. The second-order valence-electron chi connectivity index (χ2n) is 4.23. The van der Waals surface area contributed by atoms with Crippen molar-refractivity contribution in [2.75, 3.05) is 0 Å². The maximum absolute atomic E-state index is 11.4. The molecule has 0 saturated carbocycles. The Kier molecular flexibility index (Phi) is 2.45. The largest absolute Gasteiger partial charge is 0.294 e. The molecule has 0 bridgehead atoms. The zero-order chi connectivity index (χ0) is 11.8. The van der Waals surface area contributed by atoms with E-state index in [0.717, 1.165) is 0 Å². The summed E-state index contributed by atoms with van der Waals surface area (Å²) < 4.78 is 2.65. The topological polar surface area (TPSA) is 17.1 Å². The number of thiophene rings is 1. The minimum Gasteiger partial charge on any atom is -0.294 e. The number of hydrogen-bond acceptors (Lipinski definition) is 1. The van der Waals surface area contributed by atoms with Crippen molar-refractivity contribution in [2.24, 2.45) is 0 Å². The van der Waals surface area contributed by atoms with Gasteiger partial charge in [0.05, 0.1) is 0 Å². The summed E-state index contributed by atoms with van der Waals surface area (Å²) in [6.45, 7) is 1.68. The lowest BCUT2D eigenvalue weighted by Crippen LogP contribution is -1.88. The van der Waals surface area contributed by atoms with E-state index in [1.165, 1.54) is 20.2 Å². The molecule has 17 heavy (non-hydrogen) atoms. The Morgan fingerprint density at radius 2 is 1.41 bits per heavy atom. The van der Waals surface area contributed by atoms with Gasteiger partial charge in [-0.15, -0.1) is 0 Å².